The molecular formula is C13H24N2. The van der Waals surface area contributed by atoms with Crippen LogP contribution in [0.4, 0.5) is 0 Å². The number of hydrogen-bond donors (Lipinski definition) is 1. The summed E-state index contributed by atoms with van der Waals surface area (Å²) in [6.07, 6.45) is 10.7. The molecule has 2 aliphatic rings. The minimum absolute atomic E-state index is 0.656. The van der Waals surface area contributed by atoms with Gasteiger partial charge in [0.15, 0.2) is 0 Å². The van der Waals surface area contributed by atoms with Gasteiger partial charge in [0.05, 0.1) is 5.84 Å². The van der Waals surface area contributed by atoms with Crippen molar-refractivity contribution in [3.8, 4) is 0 Å². The van der Waals surface area contributed by atoms with Crippen molar-refractivity contribution in [2.24, 2.45) is 10.4 Å². The highest BCUT2D eigenvalue weighted by atomic mass is 15.0. The number of amidine groups is 1. The lowest BCUT2D eigenvalue weighted by Crippen LogP contribution is -2.30. The van der Waals surface area contributed by atoms with Crippen molar-refractivity contribution < 1.29 is 0 Å². The second-order valence-electron chi connectivity index (χ2n) is 5.24. The molecule has 0 bridgehead atoms. The lowest BCUT2D eigenvalue weighted by molar-refractivity contribution is 0.451. The highest BCUT2D eigenvalue weighted by Gasteiger charge is 2.41. The topological polar surface area (TPSA) is 24.4 Å². The van der Waals surface area contributed by atoms with Gasteiger partial charge in [-0.2, -0.15) is 0 Å². The molecular weight excluding hydrogens is 184 g/mol. The van der Waals surface area contributed by atoms with Gasteiger partial charge in [0.25, 0.3) is 0 Å². The van der Waals surface area contributed by atoms with E-state index >= 15 is 0 Å². The van der Waals surface area contributed by atoms with Crippen LogP contribution in [0.5, 0.6) is 0 Å². The Hall–Kier alpha value is -0.530. The second-order valence-corrected chi connectivity index (χ2v) is 5.24. The molecule has 2 nitrogen and oxygen atoms in total. The fourth-order valence-corrected chi connectivity index (χ4v) is 2.53. The van der Waals surface area contributed by atoms with E-state index in [-0.39, 0.29) is 0 Å². The van der Waals surface area contributed by atoms with Crippen LogP contribution in [0.2, 0.25) is 0 Å². The molecule has 0 atom stereocenters. The Morgan fingerprint density at radius 3 is 2.87 bits per heavy atom. The van der Waals surface area contributed by atoms with Crippen molar-refractivity contribution in [3.05, 3.63) is 0 Å². The number of hydrogen-bond acceptors (Lipinski definition) is 2. The van der Waals surface area contributed by atoms with Crippen LogP contribution in [0.3, 0.4) is 0 Å². The fraction of sp³-hybridized carbons (Fsp3) is 0.923. The maximum atomic E-state index is 4.62. The zero-order chi connectivity index (χ0) is 10.6. The van der Waals surface area contributed by atoms with Gasteiger partial charge in [0, 0.05) is 19.5 Å². The maximum absolute atomic E-state index is 4.62. The molecule has 1 aliphatic carbocycles. The van der Waals surface area contributed by atoms with Gasteiger partial charge in [-0.15, -0.1) is 0 Å². The lowest BCUT2D eigenvalue weighted by atomic mass is 10.0. The first kappa shape index (κ1) is 11.0. The number of aliphatic imine (C=N–C) groups is 1. The molecule has 1 heterocycles. The summed E-state index contributed by atoms with van der Waals surface area (Å²) >= 11 is 0. The summed E-state index contributed by atoms with van der Waals surface area (Å²) < 4.78 is 0. The van der Waals surface area contributed by atoms with E-state index in [1.54, 1.807) is 0 Å². The molecule has 1 N–H and O–H groups in total. The molecule has 2 heteroatoms. The van der Waals surface area contributed by atoms with Crippen LogP contribution in [-0.2, 0) is 0 Å². The van der Waals surface area contributed by atoms with Crippen LogP contribution in [0.15, 0.2) is 4.99 Å². The normalized spacial score (nSPS) is 24.2. The van der Waals surface area contributed by atoms with Gasteiger partial charge in [-0.3, -0.25) is 4.99 Å². The molecule has 0 radical (unpaired) electrons. The summed E-state index contributed by atoms with van der Waals surface area (Å²) in [5, 5.41) is 3.60. The zero-order valence-corrected chi connectivity index (χ0v) is 10.0. The number of nitrogens with one attached hydrogen (secondary N) is 1. The van der Waals surface area contributed by atoms with E-state index < -0.39 is 0 Å². The van der Waals surface area contributed by atoms with Crippen molar-refractivity contribution in [1.82, 2.24) is 5.32 Å². The molecule has 1 saturated carbocycles. The predicted molar refractivity (Wildman–Crippen MR) is 65.3 cm³/mol. The van der Waals surface area contributed by atoms with Crippen molar-refractivity contribution in [3.63, 3.8) is 0 Å². The van der Waals surface area contributed by atoms with Gasteiger partial charge < -0.3 is 5.32 Å². The molecule has 0 saturated heterocycles. The van der Waals surface area contributed by atoms with Gasteiger partial charge >= 0.3 is 0 Å². The minimum atomic E-state index is 0.656. The van der Waals surface area contributed by atoms with Gasteiger partial charge in [-0.05, 0) is 37.5 Å². The first-order valence-electron chi connectivity index (χ1n) is 6.62. The molecule has 1 aliphatic heterocycles. The molecule has 0 aromatic carbocycles. The fourth-order valence-electron chi connectivity index (χ4n) is 2.53. The van der Waals surface area contributed by atoms with Crippen molar-refractivity contribution in [1.29, 1.82) is 0 Å². The van der Waals surface area contributed by atoms with E-state index in [2.05, 4.69) is 17.2 Å². The first-order chi connectivity index (χ1) is 7.35. The number of nitrogens with zero attached hydrogens (tertiary/aromatic N) is 1. The van der Waals surface area contributed by atoms with Crippen LogP contribution >= 0.6 is 0 Å². The van der Waals surface area contributed by atoms with Gasteiger partial charge in [0.1, 0.15) is 0 Å². The largest absolute Gasteiger partial charge is 0.373 e. The van der Waals surface area contributed by atoms with E-state index in [9.17, 15) is 0 Å². The van der Waals surface area contributed by atoms with E-state index in [1.165, 1.54) is 63.7 Å². The smallest absolute Gasteiger partial charge is 0.0963 e. The molecule has 86 valence electrons. The van der Waals surface area contributed by atoms with Crippen LogP contribution in [0.25, 0.3) is 0 Å². The Morgan fingerprint density at radius 2 is 2.13 bits per heavy atom. The Balaban J connectivity index is 1.74. The van der Waals surface area contributed by atoms with E-state index in [1.807, 2.05) is 0 Å². The van der Waals surface area contributed by atoms with Crippen LogP contribution < -0.4 is 5.32 Å². The summed E-state index contributed by atoms with van der Waals surface area (Å²) in [6.45, 7) is 4.52. The monoisotopic (exact) mass is 208 g/mol. The molecule has 1 fully saturated rings. The highest BCUT2D eigenvalue weighted by molar-refractivity contribution is 5.82. The third-order valence-electron chi connectivity index (χ3n) is 3.78. The standard InChI is InChI=1S/C13H24N2/c1-2-7-13(8-9-13)11-15-12-6-4-3-5-10-14-12/h2-11H2,1H3,(H,14,15). The van der Waals surface area contributed by atoms with Gasteiger partial charge in [0.2, 0.25) is 0 Å². The van der Waals surface area contributed by atoms with Crippen molar-refractivity contribution >= 4 is 5.84 Å². The van der Waals surface area contributed by atoms with E-state index in [0.717, 1.165) is 6.54 Å². The SMILES string of the molecule is CCCC1(CNC2=NCCCCC2)CC1. The Morgan fingerprint density at radius 1 is 1.27 bits per heavy atom. The summed E-state index contributed by atoms with van der Waals surface area (Å²) in [5.74, 6) is 1.29. The third-order valence-corrected chi connectivity index (χ3v) is 3.78. The Kier molecular flexibility index (Phi) is 3.66. The average Bonchev–Trinajstić information content (AvgIpc) is 3.00. The molecule has 0 unspecified atom stereocenters. The van der Waals surface area contributed by atoms with Crippen molar-refractivity contribution in [2.45, 2.75) is 58.3 Å². The summed E-state index contributed by atoms with van der Waals surface area (Å²) in [5.41, 5.74) is 0.656. The Labute approximate surface area is 93.6 Å². The van der Waals surface area contributed by atoms with E-state index in [0.29, 0.717) is 5.41 Å². The Bertz CT molecular complexity index is 229. The zero-order valence-electron chi connectivity index (χ0n) is 10.0. The highest BCUT2D eigenvalue weighted by Crippen LogP contribution is 2.48. The quantitative estimate of drug-likeness (QED) is 0.754. The van der Waals surface area contributed by atoms with Crippen molar-refractivity contribution in [2.75, 3.05) is 13.1 Å². The minimum Gasteiger partial charge on any atom is -0.373 e. The third kappa shape index (κ3) is 3.22. The summed E-state index contributed by atoms with van der Waals surface area (Å²) in [4.78, 5) is 4.62. The molecule has 0 amide bonds. The van der Waals surface area contributed by atoms with Gasteiger partial charge in [-0.25, -0.2) is 0 Å². The molecule has 0 aromatic heterocycles. The summed E-state index contributed by atoms with van der Waals surface area (Å²) in [6, 6.07) is 0. The van der Waals surface area contributed by atoms with E-state index in [4.69, 9.17) is 0 Å². The molecule has 15 heavy (non-hydrogen) atoms. The maximum Gasteiger partial charge on any atom is 0.0963 e. The van der Waals surface area contributed by atoms with Crippen LogP contribution in [-0.4, -0.2) is 18.9 Å². The molecule has 2 rings (SSSR count). The first-order valence-corrected chi connectivity index (χ1v) is 6.62. The second kappa shape index (κ2) is 5.00. The molecule has 0 aromatic rings. The van der Waals surface area contributed by atoms with Crippen LogP contribution in [0, 0.1) is 5.41 Å². The van der Waals surface area contributed by atoms with Gasteiger partial charge in [-0.1, -0.05) is 19.8 Å². The number of rotatable bonds is 4. The molecule has 0 spiro atoms. The average molecular weight is 208 g/mol. The van der Waals surface area contributed by atoms with Crippen LogP contribution in [0.1, 0.15) is 58.3 Å². The predicted octanol–water partition coefficient (Wildman–Crippen LogP) is 3.13. The lowest BCUT2D eigenvalue weighted by Gasteiger charge is -2.16. The summed E-state index contributed by atoms with van der Waals surface area (Å²) in [7, 11) is 0.